The number of nitrogens with zero attached hydrogens (tertiary/aromatic N) is 2. The van der Waals surface area contributed by atoms with E-state index in [1.54, 1.807) is 25.5 Å². The van der Waals surface area contributed by atoms with Gasteiger partial charge in [-0.1, -0.05) is 42.0 Å². The zero-order valence-electron chi connectivity index (χ0n) is 22.4. The molecule has 0 radical (unpaired) electrons. The van der Waals surface area contributed by atoms with Crippen LogP contribution in [-0.2, 0) is 6.61 Å². The van der Waals surface area contributed by atoms with Gasteiger partial charge in [-0.25, -0.2) is 10.4 Å². The fourth-order valence-corrected chi connectivity index (χ4v) is 4.97. The number of hydrogen-bond donors (Lipinski definition) is 2. The molecule has 5 aromatic rings. The predicted molar refractivity (Wildman–Crippen MR) is 174 cm³/mol. The SMILES string of the molecule is COc1cc(/C=N\NC(=O)c2ccc(-c3csc(Nc4ccc(C)cc4)n3)cc2)ccc1OCc1ccc(I)cc1. The highest BCUT2D eigenvalue weighted by molar-refractivity contribution is 14.1. The van der Waals surface area contributed by atoms with Crippen LogP contribution >= 0.6 is 33.9 Å². The molecule has 206 valence electrons. The minimum Gasteiger partial charge on any atom is -0.493 e. The van der Waals surface area contributed by atoms with Crippen LogP contribution in [-0.4, -0.2) is 24.2 Å². The first-order valence-corrected chi connectivity index (χ1v) is 14.7. The number of ether oxygens (including phenoxy) is 2. The first-order valence-electron chi connectivity index (χ1n) is 12.8. The van der Waals surface area contributed by atoms with Gasteiger partial charge in [-0.15, -0.1) is 11.3 Å². The Morgan fingerprint density at radius 1 is 0.976 bits per heavy atom. The van der Waals surface area contributed by atoms with Crippen molar-refractivity contribution >= 4 is 56.9 Å². The van der Waals surface area contributed by atoms with Gasteiger partial charge < -0.3 is 14.8 Å². The van der Waals surface area contributed by atoms with Gasteiger partial charge in [0.05, 0.1) is 19.0 Å². The molecule has 0 saturated heterocycles. The number of anilines is 2. The standard InChI is InChI=1S/C32H27IN4O3S/c1-21-3-14-27(15-4-21)35-32-36-28(20-41-32)24-8-10-25(11-9-24)31(38)37-34-18-23-7-16-29(30(17-23)39-2)40-19-22-5-12-26(33)13-6-22/h3-18,20H,19H2,1-2H3,(H,35,36)(H,37,38)/b34-18-. The van der Waals surface area contributed by atoms with Gasteiger partial charge in [0.15, 0.2) is 16.6 Å². The molecule has 5 rings (SSSR count). The van der Waals surface area contributed by atoms with E-state index in [2.05, 4.69) is 62.5 Å². The van der Waals surface area contributed by atoms with Crippen LogP contribution < -0.4 is 20.2 Å². The van der Waals surface area contributed by atoms with Crippen LogP contribution in [0.2, 0.25) is 0 Å². The van der Waals surface area contributed by atoms with Crippen molar-refractivity contribution < 1.29 is 14.3 Å². The summed E-state index contributed by atoms with van der Waals surface area (Å²) >= 11 is 3.80. The maximum atomic E-state index is 12.6. The first kappa shape index (κ1) is 28.3. The summed E-state index contributed by atoms with van der Waals surface area (Å²) < 4.78 is 12.6. The Kier molecular flexibility index (Phi) is 9.27. The minimum atomic E-state index is -0.308. The lowest BCUT2D eigenvalue weighted by Gasteiger charge is -2.11. The zero-order chi connectivity index (χ0) is 28.6. The van der Waals surface area contributed by atoms with Gasteiger partial charge >= 0.3 is 0 Å². The summed E-state index contributed by atoms with van der Waals surface area (Å²) in [7, 11) is 1.59. The van der Waals surface area contributed by atoms with Crippen molar-refractivity contribution in [3.05, 3.63) is 122 Å². The van der Waals surface area contributed by atoms with Crippen molar-refractivity contribution in [3.8, 4) is 22.8 Å². The van der Waals surface area contributed by atoms with E-state index >= 15 is 0 Å². The highest BCUT2D eigenvalue weighted by atomic mass is 127. The van der Waals surface area contributed by atoms with Crippen LogP contribution in [0.1, 0.15) is 27.0 Å². The molecule has 1 amide bonds. The van der Waals surface area contributed by atoms with Crippen molar-refractivity contribution in [1.82, 2.24) is 10.4 Å². The van der Waals surface area contributed by atoms with Gasteiger partial charge in [-0.2, -0.15) is 5.10 Å². The van der Waals surface area contributed by atoms with Gasteiger partial charge in [0.1, 0.15) is 6.61 Å². The number of aryl methyl sites for hydroxylation is 1. The van der Waals surface area contributed by atoms with Crippen molar-refractivity contribution in [1.29, 1.82) is 0 Å². The molecule has 0 aliphatic heterocycles. The molecule has 0 aliphatic carbocycles. The number of carbonyl (C=O) groups excluding carboxylic acids is 1. The van der Waals surface area contributed by atoms with Crippen molar-refractivity contribution in [2.75, 3.05) is 12.4 Å². The Balaban J connectivity index is 1.15. The van der Waals surface area contributed by atoms with Crippen LogP contribution in [0.15, 0.2) is 101 Å². The van der Waals surface area contributed by atoms with E-state index in [9.17, 15) is 4.79 Å². The van der Waals surface area contributed by atoms with Crippen LogP contribution in [0.25, 0.3) is 11.3 Å². The number of aromatic nitrogens is 1. The molecule has 0 spiro atoms. The third-order valence-electron chi connectivity index (χ3n) is 6.12. The van der Waals surface area contributed by atoms with Gasteiger partial charge in [0.25, 0.3) is 5.91 Å². The summed E-state index contributed by atoms with van der Waals surface area (Å²) in [5, 5.41) is 10.2. The lowest BCUT2D eigenvalue weighted by atomic mass is 10.1. The van der Waals surface area contributed by atoms with E-state index < -0.39 is 0 Å². The summed E-state index contributed by atoms with van der Waals surface area (Å²) in [6.07, 6.45) is 1.57. The molecule has 0 bridgehead atoms. The Labute approximate surface area is 256 Å². The number of benzene rings is 4. The van der Waals surface area contributed by atoms with Gasteiger partial charge in [0.2, 0.25) is 0 Å². The van der Waals surface area contributed by atoms with Crippen LogP contribution in [0, 0.1) is 10.5 Å². The normalized spacial score (nSPS) is 10.9. The van der Waals surface area contributed by atoms with Crippen LogP contribution in [0.4, 0.5) is 10.8 Å². The van der Waals surface area contributed by atoms with Crippen molar-refractivity contribution in [2.24, 2.45) is 5.10 Å². The summed E-state index contributed by atoms with van der Waals surface area (Å²) in [5.74, 6) is 0.906. The number of hydrazone groups is 1. The summed E-state index contributed by atoms with van der Waals surface area (Å²) in [5.41, 5.74) is 8.87. The molecule has 9 heteroatoms. The first-order chi connectivity index (χ1) is 20.0. The monoisotopic (exact) mass is 674 g/mol. The second-order valence-corrected chi connectivity index (χ2v) is 11.2. The largest absolute Gasteiger partial charge is 0.493 e. The lowest BCUT2D eigenvalue weighted by Crippen LogP contribution is -2.17. The van der Waals surface area contributed by atoms with Gasteiger partial charge in [0, 0.05) is 25.8 Å². The second kappa shape index (κ2) is 13.4. The molecule has 41 heavy (non-hydrogen) atoms. The van der Waals surface area contributed by atoms with E-state index in [0.29, 0.717) is 23.7 Å². The molecule has 0 atom stereocenters. The van der Waals surface area contributed by atoms with Crippen LogP contribution in [0.5, 0.6) is 11.5 Å². The maximum Gasteiger partial charge on any atom is 0.271 e. The molecule has 0 fully saturated rings. The van der Waals surface area contributed by atoms with Gasteiger partial charge in [-0.05, 0) is 95.2 Å². The molecule has 1 heterocycles. The summed E-state index contributed by atoms with van der Waals surface area (Å²) in [6.45, 7) is 2.49. The summed E-state index contributed by atoms with van der Waals surface area (Å²) in [6, 6.07) is 29.1. The molecular formula is C32H27IN4O3S. The second-order valence-electron chi connectivity index (χ2n) is 9.13. The number of amides is 1. The number of nitrogens with one attached hydrogen (secondary N) is 2. The average molecular weight is 675 g/mol. The van der Waals surface area contributed by atoms with E-state index in [1.807, 2.05) is 72.1 Å². The molecule has 0 saturated carbocycles. The minimum absolute atomic E-state index is 0.308. The number of thiazole rings is 1. The fourth-order valence-electron chi connectivity index (χ4n) is 3.87. The Bertz CT molecular complexity index is 1650. The van der Waals surface area contributed by atoms with Gasteiger partial charge in [-0.3, -0.25) is 4.79 Å². The Hall–Kier alpha value is -4.22. The molecule has 0 aliphatic rings. The van der Waals surface area contributed by atoms with Crippen molar-refractivity contribution in [2.45, 2.75) is 13.5 Å². The Morgan fingerprint density at radius 3 is 2.46 bits per heavy atom. The zero-order valence-corrected chi connectivity index (χ0v) is 25.4. The number of halogens is 1. The van der Waals surface area contributed by atoms with E-state index in [0.717, 1.165) is 33.2 Å². The maximum absolute atomic E-state index is 12.6. The highest BCUT2D eigenvalue weighted by Crippen LogP contribution is 2.29. The third-order valence-corrected chi connectivity index (χ3v) is 7.60. The molecular weight excluding hydrogens is 647 g/mol. The lowest BCUT2D eigenvalue weighted by molar-refractivity contribution is 0.0955. The van der Waals surface area contributed by atoms with E-state index in [4.69, 9.17) is 9.47 Å². The number of hydrogen-bond acceptors (Lipinski definition) is 7. The average Bonchev–Trinajstić information content (AvgIpc) is 3.47. The van der Waals surface area contributed by atoms with E-state index in [1.165, 1.54) is 20.5 Å². The number of carbonyl (C=O) groups is 1. The van der Waals surface area contributed by atoms with Crippen LogP contribution in [0.3, 0.4) is 0 Å². The van der Waals surface area contributed by atoms with Crippen molar-refractivity contribution in [3.63, 3.8) is 0 Å². The smallest absolute Gasteiger partial charge is 0.271 e. The molecule has 4 aromatic carbocycles. The number of rotatable bonds is 10. The molecule has 2 N–H and O–H groups in total. The number of methoxy groups -OCH3 is 1. The highest BCUT2D eigenvalue weighted by Gasteiger charge is 2.09. The topological polar surface area (TPSA) is 84.8 Å². The van der Waals surface area contributed by atoms with E-state index in [-0.39, 0.29) is 5.91 Å². The predicted octanol–water partition coefficient (Wildman–Crippen LogP) is 7.82. The quantitative estimate of drug-likeness (QED) is 0.0897. The fraction of sp³-hybridized carbons (Fsp3) is 0.0938. The Morgan fingerprint density at radius 2 is 1.73 bits per heavy atom. The third kappa shape index (κ3) is 7.71. The summed E-state index contributed by atoms with van der Waals surface area (Å²) in [4.78, 5) is 17.3. The molecule has 1 aromatic heterocycles. The molecule has 0 unspecified atom stereocenters. The molecule has 7 nitrogen and oxygen atoms in total.